The Morgan fingerprint density at radius 3 is 2.39 bits per heavy atom. The maximum absolute atomic E-state index is 13.0. The van der Waals surface area contributed by atoms with Gasteiger partial charge in [-0.25, -0.2) is 8.42 Å². The van der Waals surface area contributed by atoms with Gasteiger partial charge in [-0.3, -0.25) is 9.48 Å². The monoisotopic (exact) mass is 462 g/mol. The van der Waals surface area contributed by atoms with Gasteiger partial charge in [0.1, 0.15) is 17.2 Å². The van der Waals surface area contributed by atoms with Crippen LogP contribution in [0.15, 0.2) is 29.2 Å². The van der Waals surface area contributed by atoms with E-state index in [1.54, 1.807) is 13.8 Å². The number of carbonyl (C=O) groups is 1. The summed E-state index contributed by atoms with van der Waals surface area (Å²) in [4.78, 5) is 12.4. The minimum atomic E-state index is -4.81. The van der Waals surface area contributed by atoms with Crippen LogP contribution in [-0.4, -0.2) is 61.1 Å². The fourth-order valence-electron chi connectivity index (χ4n) is 3.20. The topological polar surface area (TPSA) is 103 Å². The van der Waals surface area contributed by atoms with E-state index in [-0.39, 0.29) is 35.9 Å². The number of benzene rings is 1. The van der Waals surface area contributed by atoms with Gasteiger partial charge in [0.2, 0.25) is 15.9 Å². The molecule has 0 bridgehead atoms. The van der Waals surface area contributed by atoms with Crippen molar-refractivity contribution in [3.63, 3.8) is 0 Å². The van der Waals surface area contributed by atoms with E-state index >= 15 is 0 Å². The standard InChI is InChI=1S/C18H21F3N4O5S/c1-12-17(31(27,28)24-7-9-29-10-8-24)13(2)25(23-12)11-16(26)22-14-3-5-15(6-4-14)30-18(19,20)21/h3-6H,7-11H2,1-2H3,(H,22,26). The Kier molecular flexibility index (Phi) is 6.57. The first-order valence-electron chi connectivity index (χ1n) is 9.25. The summed E-state index contributed by atoms with van der Waals surface area (Å²) in [5.41, 5.74) is 0.834. The van der Waals surface area contributed by atoms with Crippen molar-refractivity contribution in [3.05, 3.63) is 35.7 Å². The van der Waals surface area contributed by atoms with Crippen molar-refractivity contribution >= 4 is 21.6 Å². The highest BCUT2D eigenvalue weighted by Gasteiger charge is 2.32. The first kappa shape index (κ1) is 23.0. The Bertz CT molecular complexity index is 1050. The van der Waals surface area contributed by atoms with Gasteiger partial charge in [-0.1, -0.05) is 0 Å². The number of hydrogen-bond acceptors (Lipinski definition) is 6. The number of morpholine rings is 1. The number of hydrogen-bond donors (Lipinski definition) is 1. The predicted molar refractivity (Wildman–Crippen MR) is 103 cm³/mol. The van der Waals surface area contributed by atoms with Crippen molar-refractivity contribution in [2.75, 3.05) is 31.6 Å². The molecule has 1 N–H and O–H groups in total. The largest absolute Gasteiger partial charge is 0.573 e. The summed E-state index contributed by atoms with van der Waals surface area (Å²) < 4.78 is 74.2. The molecular formula is C18H21F3N4O5S. The number of sulfonamides is 1. The Labute approximate surface area is 176 Å². The number of rotatable bonds is 6. The van der Waals surface area contributed by atoms with E-state index in [0.717, 1.165) is 12.1 Å². The van der Waals surface area contributed by atoms with E-state index in [2.05, 4.69) is 15.2 Å². The van der Waals surface area contributed by atoms with E-state index in [0.29, 0.717) is 18.9 Å². The third-order valence-corrected chi connectivity index (χ3v) is 6.70. The molecule has 0 spiro atoms. The predicted octanol–water partition coefficient (Wildman–Crippen LogP) is 2.06. The summed E-state index contributed by atoms with van der Waals surface area (Å²) >= 11 is 0. The molecule has 1 aromatic carbocycles. The first-order chi connectivity index (χ1) is 14.5. The third-order valence-electron chi connectivity index (χ3n) is 4.55. The number of alkyl halides is 3. The van der Waals surface area contributed by atoms with Crippen molar-refractivity contribution < 1.29 is 35.9 Å². The van der Waals surface area contributed by atoms with E-state index in [1.807, 2.05) is 0 Å². The maximum Gasteiger partial charge on any atom is 0.573 e. The van der Waals surface area contributed by atoms with Gasteiger partial charge in [0, 0.05) is 18.8 Å². The molecular weight excluding hydrogens is 441 g/mol. The van der Waals surface area contributed by atoms with Gasteiger partial charge < -0.3 is 14.8 Å². The lowest BCUT2D eigenvalue weighted by Crippen LogP contribution is -2.41. The molecule has 1 aliphatic rings. The fraction of sp³-hybridized carbons (Fsp3) is 0.444. The van der Waals surface area contributed by atoms with Crippen LogP contribution in [0.25, 0.3) is 0 Å². The Hall–Kier alpha value is -2.64. The summed E-state index contributed by atoms with van der Waals surface area (Å²) in [6.45, 7) is 3.92. The molecule has 170 valence electrons. The number of aromatic nitrogens is 2. The molecule has 31 heavy (non-hydrogen) atoms. The van der Waals surface area contributed by atoms with Crippen LogP contribution in [-0.2, 0) is 26.1 Å². The molecule has 3 rings (SSSR count). The lowest BCUT2D eigenvalue weighted by Gasteiger charge is -2.26. The molecule has 1 aromatic heterocycles. The molecule has 13 heteroatoms. The molecule has 0 radical (unpaired) electrons. The Morgan fingerprint density at radius 2 is 1.81 bits per heavy atom. The van der Waals surface area contributed by atoms with E-state index < -0.39 is 28.0 Å². The lowest BCUT2D eigenvalue weighted by atomic mass is 10.3. The van der Waals surface area contributed by atoms with Crippen LogP contribution < -0.4 is 10.1 Å². The molecule has 0 atom stereocenters. The van der Waals surface area contributed by atoms with Crippen LogP contribution in [0.5, 0.6) is 5.75 Å². The van der Waals surface area contributed by atoms with E-state index in [1.165, 1.54) is 21.1 Å². The number of halogens is 3. The van der Waals surface area contributed by atoms with Gasteiger partial charge >= 0.3 is 6.36 Å². The Morgan fingerprint density at radius 1 is 1.19 bits per heavy atom. The summed E-state index contributed by atoms with van der Waals surface area (Å²) in [5, 5.41) is 6.71. The van der Waals surface area contributed by atoms with Gasteiger partial charge in [0.25, 0.3) is 0 Å². The maximum atomic E-state index is 13.0. The zero-order valence-electron chi connectivity index (χ0n) is 16.8. The molecule has 2 heterocycles. The second-order valence-corrected chi connectivity index (χ2v) is 8.67. The van der Waals surface area contributed by atoms with Crippen LogP contribution in [0.3, 0.4) is 0 Å². The van der Waals surface area contributed by atoms with Crippen molar-refractivity contribution in [2.45, 2.75) is 31.7 Å². The Balaban J connectivity index is 1.70. The van der Waals surface area contributed by atoms with Crippen LogP contribution in [0.2, 0.25) is 0 Å². The number of nitrogens with one attached hydrogen (secondary N) is 1. The molecule has 9 nitrogen and oxygen atoms in total. The third kappa shape index (κ3) is 5.54. The van der Waals surface area contributed by atoms with Crippen LogP contribution in [0.4, 0.5) is 18.9 Å². The summed E-state index contributed by atoms with van der Waals surface area (Å²) in [5.74, 6) is -0.938. The second kappa shape index (κ2) is 8.85. The van der Waals surface area contributed by atoms with Crippen molar-refractivity contribution in [2.24, 2.45) is 0 Å². The highest BCUT2D eigenvalue weighted by molar-refractivity contribution is 7.89. The number of ether oxygens (including phenoxy) is 2. The number of amides is 1. The van der Waals surface area contributed by atoms with Gasteiger partial charge in [0.05, 0.1) is 24.6 Å². The van der Waals surface area contributed by atoms with Crippen LogP contribution >= 0.6 is 0 Å². The fourth-order valence-corrected chi connectivity index (χ4v) is 4.98. The average molecular weight is 462 g/mol. The van der Waals surface area contributed by atoms with Crippen molar-refractivity contribution in [3.8, 4) is 5.75 Å². The smallest absolute Gasteiger partial charge is 0.406 e. The average Bonchev–Trinajstić information content (AvgIpc) is 2.96. The quantitative estimate of drug-likeness (QED) is 0.705. The second-order valence-electron chi connectivity index (χ2n) is 6.79. The summed E-state index contributed by atoms with van der Waals surface area (Å²) in [7, 11) is -3.78. The van der Waals surface area contributed by atoms with Crippen molar-refractivity contribution in [1.29, 1.82) is 0 Å². The zero-order chi connectivity index (χ0) is 22.8. The molecule has 1 fully saturated rings. The van der Waals surface area contributed by atoms with Crippen LogP contribution in [0, 0.1) is 13.8 Å². The summed E-state index contributed by atoms with van der Waals surface area (Å²) in [6.07, 6.45) is -4.81. The van der Waals surface area contributed by atoms with Gasteiger partial charge in [-0.2, -0.15) is 9.40 Å². The molecule has 1 saturated heterocycles. The number of carbonyl (C=O) groups excluding carboxylic acids is 1. The van der Waals surface area contributed by atoms with Crippen molar-refractivity contribution in [1.82, 2.24) is 14.1 Å². The minimum absolute atomic E-state index is 0.0517. The molecule has 0 aliphatic carbocycles. The van der Waals surface area contributed by atoms with E-state index in [9.17, 15) is 26.4 Å². The highest BCUT2D eigenvalue weighted by Crippen LogP contribution is 2.25. The number of nitrogens with zero attached hydrogens (tertiary/aromatic N) is 3. The first-order valence-corrected chi connectivity index (χ1v) is 10.7. The van der Waals surface area contributed by atoms with E-state index in [4.69, 9.17) is 4.74 Å². The summed E-state index contributed by atoms with van der Waals surface area (Å²) in [6, 6.07) is 4.65. The molecule has 1 amide bonds. The molecule has 0 unspecified atom stereocenters. The normalized spacial score (nSPS) is 15.6. The number of anilines is 1. The van der Waals surface area contributed by atoms with Gasteiger partial charge in [-0.05, 0) is 38.1 Å². The van der Waals surface area contributed by atoms with Gasteiger partial charge in [-0.15, -0.1) is 13.2 Å². The minimum Gasteiger partial charge on any atom is -0.406 e. The number of aryl methyl sites for hydroxylation is 1. The zero-order valence-corrected chi connectivity index (χ0v) is 17.6. The van der Waals surface area contributed by atoms with Gasteiger partial charge in [0.15, 0.2) is 0 Å². The molecule has 1 aliphatic heterocycles. The molecule has 2 aromatic rings. The molecule has 0 saturated carbocycles. The SMILES string of the molecule is Cc1nn(CC(=O)Nc2ccc(OC(F)(F)F)cc2)c(C)c1S(=O)(=O)N1CCOCC1. The lowest BCUT2D eigenvalue weighted by molar-refractivity contribution is -0.274. The van der Waals surface area contributed by atoms with Crippen LogP contribution in [0.1, 0.15) is 11.4 Å². The highest BCUT2D eigenvalue weighted by atomic mass is 32.2.